The lowest BCUT2D eigenvalue weighted by Crippen LogP contribution is -2.36. The Morgan fingerprint density at radius 3 is 2.60 bits per heavy atom. The zero-order valence-electron chi connectivity index (χ0n) is 15.6. The number of hydrogen-bond donors (Lipinski definition) is 1. The van der Waals surface area contributed by atoms with Gasteiger partial charge in [0.2, 0.25) is 5.91 Å². The minimum atomic E-state index is 0.0468. The number of aryl methyl sites for hydroxylation is 1. The van der Waals surface area contributed by atoms with Gasteiger partial charge in [0.05, 0.1) is 26.0 Å². The maximum atomic E-state index is 12.7. The maximum Gasteiger partial charge on any atom is 0.227 e. The molecule has 0 bridgehead atoms. The maximum absolute atomic E-state index is 12.7. The predicted molar refractivity (Wildman–Crippen MR) is 101 cm³/mol. The van der Waals surface area contributed by atoms with Crippen LogP contribution in [0.5, 0.6) is 5.75 Å². The molecule has 0 radical (unpaired) electrons. The molecule has 1 aromatic rings. The van der Waals surface area contributed by atoms with Crippen molar-refractivity contribution >= 4 is 17.3 Å². The van der Waals surface area contributed by atoms with E-state index >= 15 is 0 Å². The molecular weight excluding hydrogens is 316 g/mol. The number of anilines is 2. The lowest BCUT2D eigenvalue weighted by Gasteiger charge is -2.30. The van der Waals surface area contributed by atoms with Crippen LogP contribution in [-0.2, 0) is 9.53 Å². The number of rotatable bonds is 5. The van der Waals surface area contributed by atoms with E-state index in [0.717, 1.165) is 49.0 Å². The van der Waals surface area contributed by atoms with Crippen molar-refractivity contribution in [1.82, 2.24) is 0 Å². The van der Waals surface area contributed by atoms with Crippen LogP contribution in [0.25, 0.3) is 0 Å². The van der Waals surface area contributed by atoms with E-state index in [4.69, 9.17) is 9.47 Å². The van der Waals surface area contributed by atoms with Crippen LogP contribution in [0.1, 0.15) is 38.2 Å². The van der Waals surface area contributed by atoms with Crippen molar-refractivity contribution in [3.05, 3.63) is 17.7 Å². The molecule has 0 aromatic heterocycles. The van der Waals surface area contributed by atoms with Gasteiger partial charge in [0.1, 0.15) is 5.75 Å². The van der Waals surface area contributed by atoms with Crippen LogP contribution in [0.3, 0.4) is 0 Å². The Bertz CT molecular complexity index is 605. The molecule has 1 aliphatic heterocycles. The molecule has 138 valence electrons. The Labute approximate surface area is 150 Å². The number of hydrogen-bond acceptors (Lipinski definition) is 4. The molecule has 1 aromatic carbocycles. The van der Waals surface area contributed by atoms with Crippen LogP contribution in [0.4, 0.5) is 11.4 Å². The average molecular weight is 346 g/mol. The quantitative estimate of drug-likeness (QED) is 0.885. The van der Waals surface area contributed by atoms with Gasteiger partial charge in [-0.15, -0.1) is 0 Å². The third-order valence-electron chi connectivity index (χ3n) is 5.65. The van der Waals surface area contributed by atoms with Crippen LogP contribution in [0.2, 0.25) is 0 Å². The first-order valence-electron chi connectivity index (χ1n) is 9.42. The zero-order chi connectivity index (χ0) is 17.8. The highest BCUT2D eigenvalue weighted by molar-refractivity contribution is 5.95. The Hall–Kier alpha value is -1.75. The summed E-state index contributed by atoms with van der Waals surface area (Å²) in [6.45, 7) is 7.34. The van der Waals surface area contributed by atoms with Gasteiger partial charge >= 0.3 is 0 Å². The molecule has 25 heavy (non-hydrogen) atoms. The Morgan fingerprint density at radius 2 is 1.96 bits per heavy atom. The first-order chi connectivity index (χ1) is 12.1. The molecule has 1 N–H and O–H groups in total. The largest absolute Gasteiger partial charge is 0.494 e. The summed E-state index contributed by atoms with van der Waals surface area (Å²) >= 11 is 0. The van der Waals surface area contributed by atoms with Crippen LogP contribution >= 0.6 is 0 Å². The van der Waals surface area contributed by atoms with Gasteiger partial charge in [0.25, 0.3) is 0 Å². The lowest BCUT2D eigenvalue weighted by molar-refractivity contribution is -0.120. The molecule has 2 fully saturated rings. The van der Waals surface area contributed by atoms with Crippen molar-refractivity contribution in [2.75, 3.05) is 43.6 Å². The lowest BCUT2D eigenvalue weighted by atomic mass is 9.91. The van der Waals surface area contributed by atoms with Crippen molar-refractivity contribution in [2.24, 2.45) is 11.8 Å². The predicted octanol–water partition coefficient (Wildman–Crippen LogP) is 3.61. The van der Waals surface area contributed by atoms with E-state index in [-0.39, 0.29) is 11.8 Å². The van der Waals surface area contributed by atoms with Gasteiger partial charge in [-0.3, -0.25) is 4.79 Å². The number of methoxy groups -OCH3 is 1. The number of amides is 1. The van der Waals surface area contributed by atoms with E-state index in [1.807, 2.05) is 13.0 Å². The molecule has 0 spiro atoms. The number of nitrogens with one attached hydrogen (secondary N) is 1. The molecule has 1 saturated heterocycles. The number of benzene rings is 1. The van der Waals surface area contributed by atoms with Gasteiger partial charge in [-0.2, -0.15) is 0 Å². The zero-order valence-corrected chi connectivity index (χ0v) is 15.6. The molecular formula is C20H30N2O3. The van der Waals surface area contributed by atoms with Crippen molar-refractivity contribution in [3.8, 4) is 5.75 Å². The van der Waals surface area contributed by atoms with Crippen molar-refractivity contribution < 1.29 is 14.3 Å². The third kappa shape index (κ3) is 4.09. The molecule has 5 nitrogen and oxygen atoms in total. The topological polar surface area (TPSA) is 50.8 Å². The van der Waals surface area contributed by atoms with E-state index in [1.54, 1.807) is 7.11 Å². The highest BCUT2D eigenvalue weighted by atomic mass is 16.5. The van der Waals surface area contributed by atoms with Gasteiger partial charge < -0.3 is 19.7 Å². The summed E-state index contributed by atoms with van der Waals surface area (Å²) in [7, 11) is 1.66. The highest BCUT2D eigenvalue weighted by Gasteiger charge is 2.28. The Balaban J connectivity index is 1.77. The van der Waals surface area contributed by atoms with Crippen LogP contribution < -0.4 is 15.0 Å². The molecule has 1 saturated carbocycles. The standard InChI is InChI=1S/C20H30N2O3/c1-14-12-17(22-8-10-25-11-9-22)13-18(24-3)19(14)21-20(23)15(2)16-6-4-5-7-16/h12-13,15-16H,4-11H2,1-3H3,(H,21,23). The number of ether oxygens (including phenoxy) is 2. The van der Waals surface area contributed by atoms with E-state index in [1.165, 1.54) is 25.7 Å². The van der Waals surface area contributed by atoms with Crippen molar-refractivity contribution in [2.45, 2.75) is 39.5 Å². The summed E-state index contributed by atoms with van der Waals surface area (Å²) in [6, 6.07) is 4.15. The van der Waals surface area contributed by atoms with Crippen LogP contribution in [-0.4, -0.2) is 39.3 Å². The second-order valence-electron chi connectivity index (χ2n) is 7.26. The highest BCUT2D eigenvalue weighted by Crippen LogP contribution is 2.36. The molecule has 1 aliphatic carbocycles. The summed E-state index contributed by atoms with van der Waals surface area (Å²) in [6.07, 6.45) is 4.83. The molecule has 1 unspecified atom stereocenters. The Morgan fingerprint density at radius 1 is 1.28 bits per heavy atom. The van der Waals surface area contributed by atoms with E-state index < -0.39 is 0 Å². The molecule has 5 heteroatoms. The van der Waals surface area contributed by atoms with Gasteiger partial charge in [0.15, 0.2) is 0 Å². The molecule has 1 amide bonds. The fourth-order valence-electron chi connectivity index (χ4n) is 3.97. The van der Waals surface area contributed by atoms with Crippen LogP contribution in [0.15, 0.2) is 12.1 Å². The summed E-state index contributed by atoms with van der Waals surface area (Å²) in [4.78, 5) is 15.0. The first-order valence-corrected chi connectivity index (χ1v) is 9.42. The SMILES string of the molecule is COc1cc(N2CCOCC2)cc(C)c1NC(=O)C(C)C1CCCC1. The van der Waals surface area contributed by atoms with Gasteiger partial charge in [-0.1, -0.05) is 19.8 Å². The average Bonchev–Trinajstić information content (AvgIpc) is 3.17. The third-order valence-corrected chi connectivity index (χ3v) is 5.65. The van der Waals surface area contributed by atoms with Crippen LogP contribution in [0, 0.1) is 18.8 Å². The fraction of sp³-hybridized carbons (Fsp3) is 0.650. The molecule has 3 rings (SSSR count). The van der Waals surface area contributed by atoms with E-state index in [9.17, 15) is 4.79 Å². The summed E-state index contributed by atoms with van der Waals surface area (Å²) in [5, 5.41) is 3.13. The number of morpholine rings is 1. The minimum absolute atomic E-state index is 0.0468. The van der Waals surface area contributed by atoms with Crippen molar-refractivity contribution in [3.63, 3.8) is 0 Å². The van der Waals surface area contributed by atoms with Crippen molar-refractivity contribution in [1.29, 1.82) is 0 Å². The number of carbonyl (C=O) groups excluding carboxylic acids is 1. The smallest absolute Gasteiger partial charge is 0.227 e. The molecule has 1 heterocycles. The van der Waals surface area contributed by atoms with Gasteiger partial charge in [-0.05, 0) is 37.3 Å². The second-order valence-corrected chi connectivity index (χ2v) is 7.26. The fourth-order valence-corrected chi connectivity index (χ4v) is 3.97. The van der Waals surface area contributed by atoms with E-state index in [2.05, 4.69) is 23.2 Å². The minimum Gasteiger partial charge on any atom is -0.494 e. The summed E-state index contributed by atoms with van der Waals surface area (Å²) < 4.78 is 11.0. The van der Waals surface area contributed by atoms with Gasteiger partial charge in [-0.25, -0.2) is 0 Å². The Kier molecular flexibility index (Phi) is 5.84. The monoisotopic (exact) mass is 346 g/mol. The normalized spacial score (nSPS) is 19.7. The molecule has 1 atom stereocenters. The second kappa shape index (κ2) is 8.09. The summed E-state index contributed by atoms with van der Waals surface area (Å²) in [5.41, 5.74) is 2.96. The number of nitrogens with zero attached hydrogens (tertiary/aromatic N) is 1. The number of carbonyl (C=O) groups is 1. The van der Waals surface area contributed by atoms with Gasteiger partial charge in [0, 0.05) is 30.8 Å². The summed E-state index contributed by atoms with van der Waals surface area (Å²) in [5.74, 6) is 1.39. The molecule has 2 aliphatic rings. The van der Waals surface area contributed by atoms with E-state index in [0.29, 0.717) is 5.92 Å². The first kappa shape index (κ1) is 18.1.